The highest BCUT2D eigenvalue weighted by molar-refractivity contribution is 6.10. The van der Waals surface area contributed by atoms with Gasteiger partial charge >= 0.3 is 0 Å². The molecule has 42 heavy (non-hydrogen) atoms. The molecule has 0 unspecified atom stereocenters. The number of rotatable bonds is 7. The number of phenols is 1. The maximum Gasteiger partial charge on any atom is 0.229 e. The first-order chi connectivity index (χ1) is 19.9. The zero-order valence-corrected chi connectivity index (χ0v) is 22.4. The maximum absolute atomic E-state index is 12.7. The van der Waals surface area contributed by atoms with E-state index in [0.717, 1.165) is 0 Å². The van der Waals surface area contributed by atoms with Crippen LogP contribution < -0.4 is 14.9 Å². The number of methoxy groups -OCH3 is 1. The van der Waals surface area contributed by atoms with Crippen LogP contribution in [-0.4, -0.2) is 123 Å². The van der Waals surface area contributed by atoms with Gasteiger partial charge in [-0.3, -0.25) is 4.79 Å². The molecule has 0 amide bonds. The molecule has 15 nitrogen and oxygen atoms in total. The zero-order chi connectivity index (χ0) is 30.5. The lowest BCUT2D eigenvalue weighted by Crippen LogP contribution is -2.62. The van der Waals surface area contributed by atoms with Gasteiger partial charge in [0.1, 0.15) is 77.2 Å². The molecular formula is C27H32O15. The highest BCUT2D eigenvalue weighted by atomic mass is 16.7. The molecule has 2 fully saturated rings. The third-order valence-electron chi connectivity index (χ3n) is 7.37. The fourth-order valence-electron chi connectivity index (χ4n) is 5.10. The van der Waals surface area contributed by atoms with Crippen LogP contribution in [0.25, 0.3) is 21.7 Å². The minimum absolute atomic E-state index is 0.0129. The van der Waals surface area contributed by atoms with Crippen molar-refractivity contribution in [3.63, 3.8) is 0 Å². The van der Waals surface area contributed by atoms with Crippen molar-refractivity contribution in [3.05, 3.63) is 40.2 Å². The number of hydrogen-bond donors (Lipinski definition) is 8. The number of ether oxygens (including phenoxy) is 5. The van der Waals surface area contributed by atoms with Gasteiger partial charge in [-0.15, -0.1) is 0 Å². The standard InChI is InChI=1S/C27H32O15/c1-9-3-12(29)18-13(30)5-10-4-11(37-2)6-14(17(10)25(18)39-9)40-27-24(36)22(34)20(32)16(42-27)8-38-26-23(35)21(33)19(31)15(7-28)41-26/h3-6,15-16,19-24,26-28,30-36H,7-8H2,1-2H3/t15-,16-,19-,20-,21+,22+,23-,24-,26-,27-/m1/s1. The molecule has 0 aliphatic carbocycles. The molecule has 3 aromatic rings. The van der Waals surface area contributed by atoms with E-state index < -0.39 is 80.1 Å². The van der Waals surface area contributed by atoms with Crippen LogP contribution in [0.3, 0.4) is 0 Å². The Labute approximate surface area is 237 Å². The van der Waals surface area contributed by atoms with Gasteiger partial charge < -0.3 is 69.0 Å². The fourth-order valence-corrected chi connectivity index (χ4v) is 5.10. The Morgan fingerprint density at radius 2 is 1.45 bits per heavy atom. The Bertz CT molecular complexity index is 1490. The van der Waals surface area contributed by atoms with Crippen LogP contribution in [0.4, 0.5) is 0 Å². The van der Waals surface area contributed by atoms with E-state index in [2.05, 4.69) is 0 Å². The Balaban J connectivity index is 1.45. The van der Waals surface area contributed by atoms with E-state index in [4.69, 9.17) is 28.1 Å². The molecule has 3 heterocycles. The Morgan fingerprint density at radius 3 is 2.12 bits per heavy atom. The monoisotopic (exact) mass is 596 g/mol. The molecule has 230 valence electrons. The van der Waals surface area contributed by atoms with Gasteiger partial charge in [0.05, 0.1) is 25.7 Å². The lowest BCUT2D eigenvalue weighted by atomic mass is 9.98. The quantitative estimate of drug-likeness (QED) is 0.137. The number of aliphatic hydroxyl groups excluding tert-OH is 7. The van der Waals surface area contributed by atoms with E-state index in [-0.39, 0.29) is 39.4 Å². The van der Waals surface area contributed by atoms with Gasteiger partial charge in [-0.05, 0) is 24.4 Å². The van der Waals surface area contributed by atoms with Crippen LogP contribution in [-0.2, 0) is 14.2 Å². The molecule has 2 aliphatic rings. The summed E-state index contributed by atoms with van der Waals surface area (Å²) >= 11 is 0. The first-order valence-corrected chi connectivity index (χ1v) is 13.0. The molecule has 0 bridgehead atoms. The van der Waals surface area contributed by atoms with Crippen LogP contribution in [0.2, 0.25) is 0 Å². The highest BCUT2D eigenvalue weighted by Gasteiger charge is 2.48. The van der Waals surface area contributed by atoms with Gasteiger partial charge in [-0.1, -0.05) is 0 Å². The average molecular weight is 597 g/mol. The maximum atomic E-state index is 12.7. The van der Waals surface area contributed by atoms with Gasteiger partial charge in [-0.2, -0.15) is 0 Å². The van der Waals surface area contributed by atoms with Crippen molar-refractivity contribution in [2.45, 2.75) is 68.3 Å². The van der Waals surface area contributed by atoms with E-state index in [9.17, 15) is 45.6 Å². The number of aromatic hydroxyl groups is 1. The minimum atomic E-state index is -1.80. The molecule has 2 aliphatic heterocycles. The van der Waals surface area contributed by atoms with Crippen molar-refractivity contribution in [2.24, 2.45) is 0 Å². The zero-order valence-electron chi connectivity index (χ0n) is 22.4. The topological polar surface area (TPSA) is 238 Å². The summed E-state index contributed by atoms with van der Waals surface area (Å²) in [4.78, 5) is 12.7. The van der Waals surface area contributed by atoms with E-state index in [0.29, 0.717) is 5.39 Å². The first-order valence-electron chi connectivity index (χ1n) is 13.0. The van der Waals surface area contributed by atoms with E-state index in [1.54, 1.807) is 13.0 Å². The predicted octanol–water partition coefficient (Wildman–Crippen LogP) is -2.03. The Kier molecular flexibility index (Phi) is 8.60. The van der Waals surface area contributed by atoms with Crippen LogP contribution >= 0.6 is 0 Å². The predicted molar refractivity (Wildman–Crippen MR) is 140 cm³/mol. The largest absolute Gasteiger partial charge is 0.507 e. The molecule has 0 saturated carbocycles. The van der Waals surface area contributed by atoms with Crippen LogP contribution in [0.1, 0.15) is 5.76 Å². The SMILES string of the molecule is COc1cc(O[C@@H]2O[C@H](CO[C@@H]3O[C@H](CO)[C@@H](O)[C@H](O)[C@H]3O)[C@@H](O)[C@H](O)[C@H]2O)c2c(c1)cc(O)c1c(=O)cc(C)oc12. The van der Waals surface area contributed by atoms with Gasteiger partial charge in [0.2, 0.25) is 6.29 Å². The van der Waals surface area contributed by atoms with E-state index in [1.165, 1.54) is 25.3 Å². The molecule has 8 N–H and O–H groups in total. The van der Waals surface area contributed by atoms with Gasteiger partial charge in [0, 0.05) is 12.1 Å². The summed E-state index contributed by atoms with van der Waals surface area (Å²) in [5.74, 6) is 0.145. The molecule has 0 radical (unpaired) electrons. The normalized spacial score (nSPS) is 33.6. The number of aliphatic hydroxyl groups is 7. The number of benzene rings is 2. The number of aryl methyl sites for hydroxylation is 1. The van der Waals surface area contributed by atoms with Crippen LogP contribution in [0.5, 0.6) is 17.2 Å². The average Bonchev–Trinajstić information content (AvgIpc) is 2.95. The van der Waals surface area contributed by atoms with Gasteiger partial charge in [-0.25, -0.2) is 0 Å². The Hall–Kier alpha value is -3.09. The van der Waals surface area contributed by atoms with Crippen molar-refractivity contribution in [1.29, 1.82) is 0 Å². The second-order valence-electron chi connectivity index (χ2n) is 10.2. The van der Waals surface area contributed by atoms with Crippen molar-refractivity contribution in [1.82, 2.24) is 0 Å². The summed E-state index contributed by atoms with van der Waals surface area (Å²) in [7, 11) is 1.38. The summed E-state index contributed by atoms with van der Waals surface area (Å²) in [5.41, 5.74) is -0.520. The molecule has 2 aromatic carbocycles. The number of hydrogen-bond acceptors (Lipinski definition) is 15. The van der Waals surface area contributed by atoms with E-state index >= 15 is 0 Å². The first kappa shape index (κ1) is 30.4. The summed E-state index contributed by atoms with van der Waals surface area (Å²) in [5, 5.41) is 82.4. The second-order valence-corrected chi connectivity index (χ2v) is 10.2. The number of fused-ring (bicyclic) bond motifs is 3. The molecule has 1 aromatic heterocycles. The summed E-state index contributed by atoms with van der Waals surface area (Å²) in [6.45, 7) is 0.304. The van der Waals surface area contributed by atoms with Crippen LogP contribution in [0, 0.1) is 6.92 Å². The third kappa shape index (κ3) is 5.40. The lowest BCUT2D eigenvalue weighted by Gasteiger charge is -2.42. The third-order valence-corrected chi connectivity index (χ3v) is 7.37. The molecule has 15 heteroatoms. The van der Waals surface area contributed by atoms with Gasteiger partial charge in [0.15, 0.2) is 17.3 Å². The molecule has 0 spiro atoms. The second kappa shape index (κ2) is 11.9. The van der Waals surface area contributed by atoms with Crippen molar-refractivity contribution < 1.29 is 69.0 Å². The van der Waals surface area contributed by atoms with Gasteiger partial charge in [0.25, 0.3) is 0 Å². The summed E-state index contributed by atoms with van der Waals surface area (Å²) in [6.07, 6.45) is -16.1. The van der Waals surface area contributed by atoms with E-state index in [1.807, 2.05) is 0 Å². The lowest BCUT2D eigenvalue weighted by molar-refractivity contribution is -0.323. The number of phenolic OH excluding ortho intramolecular Hbond substituents is 1. The van der Waals surface area contributed by atoms with Crippen molar-refractivity contribution in [3.8, 4) is 17.2 Å². The summed E-state index contributed by atoms with van der Waals surface area (Å²) < 4.78 is 33.6. The molecular weight excluding hydrogens is 564 g/mol. The molecule has 2 saturated heterocycles. The molecule has 10 atom stereocenters. The van der Waals surface area contributed by atoms with Crippen molar-refractivity contribution >= 4 is 21.7 Å². The van der Waals surface area contributed by atoms with Crippen molar-refractivity contribution in [2.75, 3.05) is 20.3 Å². The highest BCUT2D eigenvalue weighted by Crippen LogP contribution is 2.41. The minimum Gasteiger partial charge on any atom is -0.507 e. The fraction of sp³-hybridized carbons (Fsp3) is 0.519. The molecule has 5 rings (SSSR count). The Morgan fingerprint density at radius 1 is 0.810 bits per heavy atom. The summed E-state index contributed by atoms with van der Waals surface area (Å²) in [6, 6.07) is 5.49. The smallest absolute Gasteiger partial charge is 0.229 e. The van der Waals surface area contributed by atoms with Crippen LogP contribution in [0.15, 0.2) is 33.5 Å².